The van der Waals surface area contributed by atoms with Gasteiger partial charge in [0.1, 0.15) is 5.75 Å². The molecule has 2 N–H and O–H groups in total. The molecule has 0 atom stereocenters. The molecule has 2 aromatic rings. The zero-order chi connectivity index (χ0) is 14.4. The Morgan fingerprint density at radius 3 is 2.75 bits per heavy atom. The van der Waals surface area contributed by atoms with E-state index in [2.05, 4.69) is 5.32 Å². The molecule has 0 unspecified atom stereocenters. The highest BCUT2D eigenvalue weighted by Gasteiger charge is 2.05. The molecular formula is C15H14ClNO2S. The number of phenols is 1. The summed E-state index contributed by atoms with van der Waals surface area (Å²) in [5, 5.41) is 13.0. The molecule has 2 aromatic carbocycles. The number of para-hydroxylation sites is 1. The fraction of sp³-hybridized carbons (Fsp3) is 0.133. The first-order valence-corrected chi connectivity index (χ1v) is 7.48. The molecule has 0 bridgehead atoms. The predicted molar refractivity (Wildman–Crippen MR) is 83.5 cm³/mol. The van der Waals surface area contributed by atoms with Crippen LogP contribution in [0.4, 0.5) is 5.69 Å². The van der Waals surface area contributed by atoms with Crippen LogP contribution in [0.2, 0.25) is 5.02 Å². The summed E-state index contributed by atoms with van der Waals surface area (Å²) in [7, 11) is 0. The van der Waals surface area contributed by atoms with E-state index in [0.29, 0.717) is 22.9 Å². The Kier molecular flexibility index (Phi) is 5.32. The van der Waals surface area contributed by atoms with Crippen LogP contribution in [0.15, 0.2) is 53.4 Å². The zero-order valence-electron chi connectivity index (χ0n) is 10.7. The summed E-state index contributed by atoms with van der Waals surface area (Å²) in [6.45, 7) is 0. The molecule has 0 aromatic heterocycles. The van der Waals surface area contributed by atoms with Crippen LogP contribution in [-0.4, -0.2) is 16.8 Å². The Balaban J connectivity index is 1.80. The molecule has 0 saturated carbocycles. The predicted octanol–water partition coefficient (Wildman–Crippen LogP) is 4.17. The SMILES string of the molecule is O=C(CCSc1ccccc1O)Nc1cccc(Cl)c1. The van der Waals surface area contributed by atoms with Crippen LogP contribution in [0.5, 0.6) is 5.75 Å². The molecule has 0 saturated heterocycles. The molecule has 2 rings (SSSR count). The number of rotatable bonds is 5. The lowest BCUT2D eigenvalue weighted by Crippen LogP contribution is -2.12. The van der Waals surface area contributed by atoms with E-state index in [1.807, 2.05) is 12.1 Å². The maximum Gasteiger partial charge on any atom is 0.225 e. The van der Waals surface area contributed by atoms with E-state index in [1.165, 1.54) is 11.8 Å². The average molecular weight is 308 g/mol. The number of aromatic hydroxyl groups is 1. The van der Waals surface area contributed by atoms with Crippen LogP contribution in [0.1, 0.15) is 6.42 Å². The molecule has 0 radical (unpaired) electrons. The first-order chi connectivity index (χ1) is 9.65. The monoisotopic (exact) mass is 307 g/mol. The number of carbonyl (C=O) groups excluding carboxylic acids is 1. The third-order valence-electron chi connectivity index (χ3n) is 2.56. The average Bonchev–Trinajstić information content (AvgIpc) is 2.41. The third-order valence-corrected chi connectivity index (χ3v) is 3.86. The minimum Gasteiger partial charge on any atom is -0.507 e. The molecule has 0 spiro atoms. The van der Waals surface area contributed by atoms with Crippen LogP contribution < -0.4 is 5.32 Å². The van der Waals surface area contributed by atoms with Gasteiger partial charge in [0.2, 0.25) is 5.91 Å². The largest absolute Gasteiger partial charge is 0.507 e. The maximum atomic E-state index is 11.8. The number of hydrogen-bond acceptors (Lipinski definition) is 3. The van der Waals surface area contributed by atoms with Crippen LogP contribution in [0.3, 0.4) is 0 Å². The minimum atomic E-state index is -0.0739. The summed E-state index contributed by atoms with van der Waals surface area (Å²) >= 11 is 7.30. The fourth-order valence-electron chi connectivity index (χ4n) is 1.62. The van der Waals surface area contributed by atoms with Gasteiger partial charge in [-0.2, -0.15) is 0 Å². The second kappa shape index (κ2) is 7.22. The van der Waals surface area contributed by atoms with Crippen LogP contribution in [0, 0.1) is 0 Å². The van der Waals surface area contributed by atoms with Crippen molar-refractivity contribution < 1.29 is 9.90 Å². The molecule has 0 fully saturated rings. The molecule has 3 nitrogen and oxygen atoms in total. The summed E-state index contributed by atoms with van der Waals surface area (Å²) < 4.78 is 0. The number of amides is 1. The van der Waals surface area contributed by atoms with Crippen molar-refractivity contribution in [3.05, 3.63) is 53.6 Å². The van der Waals surface area contributed by atoms with Crippen molar-refractivity contribution in [2.24, 2.45) is 0 Å². The van der Waals surface area contributed by atoms with Gasteiger partial charge in [0.05, 0.1) is 0 Å². The number of nitrogens with one attached hydrogen (secondary N) is 1. The third kappa shape index (κ3) is 4.47. The first-order valence-electron chi connectivity index (χ1n) is 6.11. The van der Waals surface area contributed by atoms with Crippen molar-refractivity contribution in [2.75, 3.05) is 11.1 Å². The molecular weight excluding hydrogens is 294 g/mol. The number of anilines is 1. The lowest BCUT2D eigenvalue weighted by Gasteiger charge is -2.06. The Labute approximate surface area is 127 Å². The zero-order valence-corrected chi connectivity index (χ0v) is 12.2. The fourth-order valence-corrected chi connectivity index (χ4v) is 2.71. The molecule has 0 aliphatic rings. The maximum absolute atomic E-state index is 11.8. The summed E-state index contributed by atoms with van der Waals surface area (Å²) in [5.41, 5.74) is 0.690. The van der Waals surface area contributed by atoms with Gasteiger partial charge in [-0.25, -0.2) is 0 Å². The van der Waals surface area contributed by atoms with Gasteiger partial charge < -0.3 is 10.4 Å². The summed E-state index contributed by atoms with van der Waals surface area (Å²) in [4.78, 5) is 12.5. The molecule has 0 aliphatic heterocycles. The summed E-state index contributed by atoms with van der Waals surface area (Å²) in [6, 6.07) is 14.1. The van der Waals surface area contributed by atoms with E-state index < -0.39 is 0 Å². The topological polar surface area (TPSA) is 49.3 Å². The van der Waals surface area contributed by atoms with E-state index in [-0.39, 0.29) is 11.7 Å². The molecule has 1 amide bonds. The van der Waals surface area contributed by atoms with Gasteiger partial charge >= 0.3 is 0 Å². The number of benzene rings is 2. The van der Waals surface area contributed by atoms with E-state index >= 15 is 0 Å². The molecule has 0 heterocycles. The number of carbonyl (C=O) groups is 1. The van der Waals surface area contributed by atoms with Crippen molar-refractivity contribution in [3.8, 4) is 5.75 Å². The van der Waals surface area contributed by atoms with Gasteiger partial charge in [-0.15, -0.1) is 11.8 Å². The van der Waals surface area contributed by atoms with Crippen LogP contribution >= 0.6 is 23.4 Å². The molecule has 0 aliphatic carbocycles. The lowest BCUT2D eigenvalue weighted by molar-refractivity contribution is -0.115. The Morgan fingerprint density at radius 1 is 1.20 bits per heavy atom. The van der Waals surface area contributed by atoms with E-state index in [4.69, 9.17) is 11.6 Å². The molecule has 104 valence electrons. The highest BCUT2D eigenvalue weighted by molar-refractivity contribution is 7.99. The minimum absolute atomic E-state index is 0.0739. The molecule has 20 heavy (non-hydrogen) atoms. The Bertz CT molecular complexity index is 604. The van der Waals surface area contributed by atoms with Crippen molar-refractivity contribution in [1.82, 2.24) is 0 Å². The van der Waals surface area contributed by atoms with Gasteiger partial charge in [0.15, 0.2) is 0 Å². The van der Waals surface area contributed by atoms with Gasteiger partial charge in [-0.1, -0.05) is 29.8 Å². The number of phenolic OH excluding ortho intramolecular Hbond substituents is 1. The van der Waals surface area contributed by atoms with Crippen molar-refractivity contribution in [1.29, 1.82) is 0 Å². The van der Waals surface area contributed by atoms with Gasteiger partial charge in [-0.3, -0.25) is 4.79 Å². The van der Waals surface area contributed by atoms with Gasteiger partial charge in [0.25, 0.3) is 0 Å². The Hall–Kier alpha value is -1.65. The number of thioether (sulfide) groups is 1. The van der Waals surface area contributed by atoms with E-state index in [1.54, 1.807) is 36.4 Å². The van der Waals surface area contributed by atoms with Crippen LogP contribution in [0.25, 0.3) is 0 Å². The van der Waals surface area contributed by atoms with Crippen molar-refractivity contribution in [3.63, 3.8) is 0 Å². The van der Waals surface area contributed by atoms with E-state index in [9.17, 15) is 9.90 Å². The van der Waals surface area contributed by atoms with Gasteiger partial charge in [0, 0.05) is 27.8 Å². The highest BCUT2D eigenvalue weighted by Crippen LogP contribution is 2.28. The smallest absolute Gasteiger partial charge is 0.225 e. The van der Waals surface area contributed by atoms with Crippen molar-refractivity contribution in [2.45, 2.75) is 11.3 Å². The number of halogens is 1. The van der Waals surface area contributed by atoms with Crippen molar-refractivity contribution >= 4 is 35.0 Å². The number of hydrogen-bond donors (Lipinski definition) is 2. The first kappa shape index (κ1) is 14.8. The highest BCUT2D eigenvalue weighted by atomic mass is 35.5. The lowest BCUT2D eigenvalue weighted by atomic mass is 10.3. The van der Waals surface area contributed by atoms with Crippen LogP contribution in [-0.2, 0) is 4.79 Å². The second-order valence-corrected chi connectivity index (χ2v) is 5.70. The molecule has 5 heteroatoms. The summed E-state index contributed by atoms with van der Waals surface area (Å²) in [5.74, 6) is 0.771. The van der Waals surface area contributed by atoms with E-state index in [0.717, 1.165) is 4.90 Å². The normalized spacial score (nSPS) is 10.2. The standard InChI is InChI=1S/C15H14ClNO2S/c16-11-4-3-5-12(10-11)17-15(19)8-9-20-14-7-2-1-6-13(14)18/h1-7,10,18H,8-9H2,(H,17,19). The quantitative estimate of drug-likeness (QED) is 0.815. The Morgan fingerprint density at radius 2 is 2.00 bits per heavy atom. The summed E-state index contributed by atoms with van der Waals surface area (Å²) in [6.07, 6.45) is 0.367. The second-order valence-electron chi connectivity index (χ2n) is 4.12. The van der Waals surface area contributed by atoms with Gasteiger partial charge in [-0.05, 0) is 30.3 Å².